The fourth-order valence-electron chi connectivity index (χ4n) is 4.78. The van der Waals surface area contributed by atoms with Gasteiger partial charge in [0.2, 0.25) is 10.0 Å². The van der Waals surface area contributed by atoms with Crippen molar-refractivity contribution in [2.45, 2.75) is 55.7 Å². The zero-order chi connectivity index (χ0) is 13.1. The van der Waals surface area contributed by atoms with Gasteiger partial charge in [0.1, 0.15) is 0 Å². The smallest absolute Gasteiger partial charge is 0.217 e. The summed E-state index contributed by atoms with van der Waals surface area (Å²) in [6.45, 7) is 2.92. The molecule has 0 spiro atoms. The second-order valence-electron chi connectivity index (χ2n) is 6.88. The first-order valence-corrected chi connectivity index (χ1v) is 9.38. The summed E-state index contributed by atoms with van der Waals surface area (Å²) in [6, 6.07) is 0. The van der Waals surface area contributed by atoms with Crippen molar-refractivity contribution in [3.63, 3.8) is 0 Å². The van der Waals surface area contributed by atoms with Crippen LogP contribution in [-0.4, -0.2) is 43.1 Å². The van der Waals surface area contributed by atoms with Crippen LogP contribution in [0.25, 0.3) is 0 Å². The van der Waals surface area contributed by atoms with Gasteiger partial charge in [-0.05, 0) is 69.9 Å². The number of hydrogen-bond donors (Lipinski definition) is 1. The first-order chi connectivity index (χ1) is 9.15. The highest BCUT2D eigenvalue weighted by Gasteiger charge is 2.63. The number of nitrogens with zero attached hydrogens (tertiary/aromatic N) is 1. The Morgan fingerprint density at radius 2 is 1.89 bits per heavy atom. The Kier molecular flexibility index (Phi) is 2.77. The predicted molar refractivity (Wildman–Crippen MR) is 74.3 cm³/mol. The van der Waals surface area contributed by atoms with Crippen LogP contribution in [-0.2, 0) is 10.0 Å². The summed E-state index contributed by atoms with van der Waals surface area (Å²) in [5.74, 6) is 1.20. The molecule has 0 bridgehead atoms. The molecule has 2 saturated carbocycles. The number of piperidine rings is 1. The maximum Gasteiger partial charge on any atom is 0.217 e. The molecule has 0 aromatic heterocycles. The number of hydrogen-bond acceptors (Lipinski definition) is 3. The highest BCUT2D eigenvalue weighted by atomic mass is 32.2. The summed E-state index contributed by atoms with van der Waals surface area (Å²) < 4.78 is 27.5. The molecule has 19 heavy (non-hydrogen) atoms. The van der Waals surface area contributed by atoms with Gasteiger partial charge in [-0.15, -0.1) is 0 Å². The molecule has 0 aromatic carbocycles. The van der Waals surface area contributed by atoms with E-state index in [1.54, 1.807) is 0 Å². The largest absolute Gasteiger partial charge is 0.316 e. The van der Waals surface area contributed by atoms with Crippen LogP contribution in [0.1, 0.15) is 44.9 Å². The third-order valence-electron chi connectivity index (χ3n) is 6.00. The van der Waals surface area contributed by atoms with Gasteiger partial charge < -0.3 is 5.32 Å². The van der Waals surface area contributed by atoms with Crippen molar-refractivity contribution in [1.82, 2.24) is 9.62 Å². The average molecular weight is 284 g/mol. The zero-order valence-electron chi connectivity index (χ0n) is 11.5. The van der Waals surface area contributed by atoms with Crippen LogP contribution in [0, 0.1) is 11.8 Å². The lowest BCUT2D eigenvalue weighted by molar-refractivity contribution is -0.000252. The molecule has 2 aliphatic heterocycles. The highest BCUT2D eigenvalue weighted by molar-refractivity contribution is 7.90. The van der Waals surface area contributed by atoms with Crippen LogP contribution >= 0.6 is 0 Å². The Labute approximate surface area is 116 Å². The van der Waals surface area contributed by atoms with Gasteiger partial charge in [0.05, 0.1) is 5.25 Å². The molecule has 4 fully saturated rings. The first-order valence-electron chi connectivity index (χ1n) is 7.88. The molecular weight excluding hydrogens is 260 g/mol. The maximum absolute atomic E-state index is 12.7. The third kappa shape index (κ3) is 1.67. The Balaban J connectivity index is 1.67. The molecule has 2 aliphatic carbocycles. The molecule has 5 heteroatoms. The van der Waals surface area contributed by atoms with Crippen LogP contribution in [0.5, 0.6) is 0 Å². The van der Waals surface area contributed by atoms with Crippen molar-refractivity contribution < 1.29 is 8.42 Å². The lowest BCUT2D eigenvalue weighted by Gasteiger charge is -2.55. The minimum atomic E-state index is -3.00. The van der Waals surface area contributed by atoms with Crippen molar-refractivity contribution in [1.29, 1.82) is 0 Å². The fourth-order valence-corrected chi connectivity index (χ4v) is 7.09. The quantitative estimate of drug-likeness (QED) is 0.850. The summed E-state index contributed by atoms with van der Waals surface area (Å²) in [7, 11) is -3.00. The summed E-state index contributed by atoms with van der Waals surface area (Å²) in [4.78, 5) is 0. The molecule has 0 amide bonds. The fraction of sp³-hybridized carbons (Fsp3) is 1.00. The van der Waals surface area contributed by atoms with Crippen LogP contribution < -0.4 is 5.32 Å². The van der Waals surface area contributed by atoms with Crippen molar-refractivity contribution in [3.05, 3.63) is 0 Å². The number of sulfonamides is 1. The number of fused-ring (bicyclic) bond motifs is 1. The molecule has 1 N–H and O–H groups in total. The standard InChI is InChI=1S/C14H24N2O2S/c17-19(18,13-3-4-13)16-9-6-11-5-7-14(11,16)12-2-1-8-15-10-12/h11-13,15H,1-10H2. The molecule has 4 nitrogen and oxygen atoms in total. The molecule has 3 atom stereocenters. The minimum Gasteiger partial charge on any atom is -0.316 e. The van der Waals surface area contributed by atoms with Gasteiger partial charge in [-0.2, -0.15) is 4.31 Å². The molecule has 2 heterocycles. The predicted octanol–water partition coefficient (Wildman–Crippen LogP) is 1.33. The molecule has 108 valence electrons. The van der Waals surface area contributed by atoms with E-state index in [0.717, 1.165) is 45.3 Å². The van der Waals surface area contributed by atoms with Gasteiger partial charge in [-0.1, -0.05) is 0 Å². The maximum atomic E-state index is 12.7. The SMILES string of the molecule is O=S(=O)(C1CC1)N1CCC2CCC21C1CCCNC1. The molecule has 4 aliphatic rings. The lowest BCUT2D eigenvalue weighted by Crippen LogP contribution is -2.63. The van der Waals surface area contributed by atoms with Crippen LogP contribution in [0.4, 0.5) is 0 Å². The van der Waals surface area contributed by atoms with Crippen molar-refractivity contribution >= 4 is 10.0 Å². The van der Waals surface area contributed by atoms with Crippen molar-refractivity contribution in [2.24, 2.45) is 11.8 Å². The van der Waals surface area contributed by atoms with Gasteiger partial charge in [-0.25, -0.2) is 8.42 Å². The van der Waals surface area contributed by atoms with E-state index in [1.807, 2.05) is 4.31 Å². The van der Waals surface area contributed by atoms with E-state index in [2.05, 4.69) is 5.32 Å². The summed E-state index contributed by atoms with van der Waals surface area (Å²) in [6.07, 6.45) is 7.65. The van der Waals surface area contributed by atoms with Crippen molar-refractivity contribution in [3.8, 4) is 0 Å². The van der Waals surface area contributed by atoms with E-state index in [4.69, 9.17) is 0 Å². The first kappa shape index (κ1) is 12.6. The normalized spacial score (nSPS) is 43.8. The van der Waals surface area contributed by atoms with E-state index in [-0.39, 0.29) is 10.8 Å². The van der Waals surface area contributed by atoms with Crippen molar-refractivity contribution in [2.75, 3.05) is 19.6 Å². The molecular formula is C14H24N2O2S. The van der Waals surface area contributed by atoms with Gasteiger partial charge >= 0.3 is 0 Å². The number of nitrogens with one attached hydrogen (secondary N) is 1. The molecule has 4 rings (SSSR count). The van der Waals surface area contributed by atoms with Gasteiger partial charge in [0, 0.05) is 12.1 Å². The van der Waals surface area contributed by atoms with E-state index in [9.17, 15) is 8.42 Å². The summed E-state index contributed by atoms with van der Waals surface area (Å²) in [5.41, 5.74) is 0.00877. The van der Waals surface area contributed by atoms with E-state index < -0.39 is 10.0 Å². The zero-order valence-corrected chi connectivity index (χ0v) is 12.3. The Morgan fingerprint density at radius 1 is 1.05 bits per heavy atom. The van der Waals surface area contributed by atoms with Crippen LogP contribution in [0.2, 0.25) is 0 Å². The lowest BCUT2D eigenvalue weighted by atomic mass is 9.60. The summed E-state index contributed by atoms with van der Waals surface area (Å²) in [5, 5.41) is 3.45. The molecule has 0 radical (unpaired) electrons. The Bertz CT molecular complexity index is 468. The molecule has 2 saturated heterocycles. The number of rotatable bonds is 3. The van der Waals surface area contributed by atoms with Crippen LogP contribution in [0.3, 0.4) is 0 Å². The van der Waals surface area contributed by atoms with E-state index in [1.165, 1.54) is 19.3 Å². The highest BCUT2D eigenvalue weighted by Crippen LogP contribution is 2.57. The van der Waals surface area contributed by atoms with Gasteiger partial charge in [-0.3, -0.25) is 0 Å². The van der Waals surface area contributed by atoms with Gasteiger partial charge in [0.15, 0.2) is 0 Å². The second-order valence-corrected chi connectivity index (χ2v) is 9.01. The van der Waals surface area contributed by atoms with Gasteiger partial charge in [0.25, 0.3) is 0 Å². The molecule has 0 aromatic rings. The monoisotopic (exact) mass is 284 g/mol. The second kappa shape index (κ2) is 4.18. The topological polar surface area (TPSA) is 49.4 Å². The van der Waals surface area contributed by atoms with E-state index in [0.29, 0.717) is 11.8 Å². The Hall–Kier alpha value is -0.130. The molecule has 3 unspecified atom stereocenters. The minimum absolute atomic E-state index is 0.00877. The van der Waals surface area contributed by atoms with E-state index >= 15 is 0 Å². The summed E-state index contributed by atoms with van der Waals surface area (Å²) >= 11 is 0. The average Bonchev–Trinajstić information content (AvgIpc) is 3.19. The third-order valence-corrected chi connectivity index (χ3v) is 8.45. The van der Waals surface area contributed by atoms with Crippen LogP contribution in [0.15, 0.2) is 0 Å². The Morgan fingerprint density at radius 3 is 2.47 bits per heavy atom.